The van der Waals surface area contributed by atoms with E-state index in [1.54, 1.807) is 14.0 Å². The Morgan fingerprint density at radius 3 is 2.57 bits per heavy atom. The molecular formula is C22H23N5O2S. The number of aryl methyl sites for hydroxylation is 4. The van der Waals surface area contributed by atoms with Crippen molar-refractivity contribution in [2.45, 2.75) is 27.2 Å². The lowest BCUT2D eigenvalue weighted by Gasteiger charge is -2.07. The first kappa shape index (κ1) is 20.0. The van der Waals surface area contributed by atoms with Gasteiger partial charge in [-0.1, -0.05) is 12.1 Å². The van der Waals surface area contributed by atoms with Crippen molar-refractivity contribution in [1.82, 2.24) is 24.6 Å². The number of nitrogens with zero attached hydrogens (tertiary/aromatic N) is 4. The fourth-order valence-electron chi connectivity index (χ4n) is 3.52. The molecule has 4 rings (SSSR count). The summed E-state index contributed by atoms with van der Waals surface area (Å²) >= 11 is 1.26. The summed E-state index contributed by atoms with van der Waals surface area (Å²) in [4.78, 5) is 30.4. The fraction of sp³-hybridized carbons (Fsp3) is 0.273. The Morgan fingerprint density at radius 1 is 1.17 bits per heavy atom. The molecule has 1 N–H and O–H groups in total. The van der Waals surface area contributed by atoms with Gasteiger partial charge >= 0.3 is 0 Å². The summed E-state index contributed by atoms with van der Waals surface area (Å²) in [5.74, 6) is -0.170. The zero-order chi connectivity index (χ0) is 21.4. The van der Waals surface area contributed by atoms with E-state index < -0.39 is 0 Å². The molecule has 154 valence electrons. The van der Waals surface area contributed by atoms with Gasteiger partial charge in [0.2, 0.25) is 0 Å². The minimum Gasteiger partial charge on any atom is -0.351 e. The molecule has 8 heteroatoms. The van der Waals surface area contributed by atoms with E-state index >= 15 is 0 Å². The second kappa shape index (κ2) is 7.87. The maximum absolute atomic E-state index is 12.7. The molecule has 4 aromatic rings. The van der Waals surface area contributed by atoms with Crippen LogP contribution in [0.15, 0.2) is 41.5 Å². The van der Waals surface area contributed by atoms with E-state index in [0.717, 1.165) is 22.6 Å². The lowest BCUT2D eigenvalue weighted by molar-refractivity contribution is 0.0957. The van der Waals surface area contributed by atoms with E-state index in [9.17, 15) is 9.59 Å². The van der Waals surface area contributed by atoms with Crippen LogP contribution in [0.25, 0.3) is 15.9 Å². The maximum atomic E-state index is 12.7. The number of nitrogens with one attached hydrogen (secondary N) is 1. The van der Waals surface area contributed by atoms with Gasteiger partial charge in [-0.25, -0.2) is 9.67 Å². The van der Waals surface area contributed by atoms with E-state index in [1.165, 1.54) is 22.2 Å². The summed E-state index contributed by atoms with van der Waals surface area (Å²) in [7, 11) is 1.66. The number of hydrogen-bond donors (Lipinski definition) is 1. The average molecular weight is 422 g/mol. The van der Waals surface area contributed by atoms with E-state index in [4.69, 9.17) is 0 Å². The smallest absolute Gasteiger partial charge is 0.262 e. The molecule has 1 aromatic carbocycles. The van der Waals surface area contributed by atoms with Crippen LogP contribution in [0.3, 0.4) is 0 Å². The van der Waals surface area contributed by atoms with Crippen molar-refractivity contribution in [3.05, 3.63) is 74.4 Å². The largest absolute Gasteiger partial charge is 0.351 e. The minimum atomic E-state index is -0.170. The Labute approximate surface area is 178 Å². The minimum absolute atomic E-state index is 0.129. The second-order valence-electron chi connectivity index (χ2n) is 7.41. The maximum Gasteiger partial charge on any atom is 0.262 e. The second-order valence-corrected chi connectivity index (χ2v) is 8.41. The van der Waals surface area contributed by atoms with Gasteiger partial charge in [-0.15, -0.1) is 11.3 Å². The SMILES string of the molecule is Cc1cc(C)n(-c2ccc(CCNC(=O)c3sc4ncn(C)c(=O)c4c3C)cc2)n1. The van der Waals surface area contributed by atoms with Crippen LogP contribution in [0.1, 0.15) is 32.2 Å². The number of carbonyl (C=O) groups is 1. The van der Waals surface area contributed by atoms with Gasteiger partial charge in [0.25, 0.3) is 11.5 Å². The molecule has 0 saturated heterocycles. The van der Waals surface area contributed by atoms with Crippen molar-refractivity contribution < 1.29 is 4.79 Å². The molecule has 0 spiro atoms. The van der Waals surface area contributed by atoms with Crippen LogP contribution in [0.5, 0.6) is 0 Å². The highest BCUT2D eigenvalue weighted by molar-refractivity contribution is 7.20. The molecule has 0 saturated carbocycles. The third kappa shape index (κ3) is 3.66. The van der Waals surface area contributed by atoms with E-state index in [0.29, 0.717) is 33.6 Å². The molecule has 30 heavy (non-hydrogen) atoms. The summed E-state index contributed by atoms with van der Waals surface area (Å²) in [6.45, 7) is 6.32. The van der Waals surface area contributed by atoms with Crippen molar-refractivity contribution in [1.29, 1.82) is 0 Å². The molecular weight excluding hydrogens is 398 g/mol. The molecule has 7 nitrogen and oxygen atoms in total. The van der Waals surface area contributed by atoms with Crippen molar-refractivity contribution in [3.63, 3.8) is 0 Å². The molecule has 0 aliphatic heterocycles. The predicted octanol–water partition coefficient (Wildman–Crippen LogP) is 3.08. The molecule has 1 amide bonds. The van der Waals surface area contributed by atoms with E-state index in [-0.39, 0.29) is 11.5 Å². The monoisotopic (exact) mass is 421 g/mol. The zero-order valence-corrected chi connectivity index (χ0v) is 18.2. The Morgan fingerprint density at radius 2 is 1.90 bits per heavy atom. The highest BCUT2D eigenvalue weighted by Gasteiger charge is 2.18. The van der Waals surface area contributed by atoms with Gasteiger partial charge in [0.15, 0.2) is 0 Å². The third-order valence-corrected chi connectivity index (χ3v) is 6.31. The molecule has 0 atom stereocenters. The van der Waals surface area contributed by atoms with Crippen LogP contribution < -0.4 is 10.9 Å². The fourth-order valence-corrected chi connectivity index (χ4v) is 4.58. The van der Waals surface area contributed by atoms with Gasteiger partial charge in [0.1, 0.15) is 4.83 Å². The lowest BCUT2D eigenvalue weighted by atomic mass is 10.1. The van der Waals surface area contributed by atoms with Crippen LogP contribution >= 0.6 is 11.3 Å². The topological polar surface area (TPSA) is 81.8 Å². The van der Waals surface area contributed by atoms with Crippen LogP contribution in [0.4, 0.5) is 0 Å². The van der Waals surface area contributed by atoms with E-state index in [2.05, 4.69) is 27.5 Å². The lowest BCUT2D eigenvalue weighted by Crippen LogP contribution is -2.25. The summed E-state index contributed by atoms with van der Waals surface area (Å²) in [6.07, 6.45) is 2.20. The highest BCUT2D eigenvalue weighted by Crippen LogP contribution is 2.26. The molecule has 3 heterocycles. The van der Waals surface area contributed by atoms with Gasteiger partial charge in [0.05, 0.1) is 28.0 Å². The molecule has 0 unspecified atom stereocenters. The van der Waals surface area contributed by atoms with Crippen molar-refractivity contribution in [2.24, 2.45) is 7.05 Å². The Kier molecular flexibility index (Phi) is 5.26. The standard InChI is InChI=1S/C22H23N5O2S/c1-13-11-14(2)27(25-13)17-7-5-16(6-8-17)9-10-23-20(28)19-15(3)18-21(30-19)24-12-26(4)22(18)29/h5-8,11-12H,9-10H2,1-4H3,(H,23,28). The normalized spacial score (nSPS) is 11.2. The molecule has 3 aromatic heterocycles. The number of benzene rings is 1. The van der Waals surface area contributed by atoms with Gasteiger partial charge in [-0.05, 0) is 56.5 Å². The zero-order valence-electron chi connectivity index (χ0n) is 17.4. The summed E-state index contributed by atoms with van der Waals surface area (Å²) < 4.78 is 3.35. The van der Waals surface area contributed by atoms with Crippen LogP contribution in [-0.4, -0.2) is 31.8 Å². The molecule has 0 bridgehead atoms. The summed E-state index contributed by atoms with van der Waals surface area (Å²) in [6, 6.07) is 10.2. The number of hydrogen-bond acceptors (Lipinski definition) is 5. The van der Waals surface area contributed by atoms with Crippen LogP contribution in [0, 0.1) is 20.8 Å². The third-order valence-electron chi connectivity index (χ3n) is 5.11. The van der Waals surface area contributed by atoms with Crippen LogP contribution in [0.2, 0.25) is 0 Å². The molecule has 0 radical (unpaired) electrons. The van der Waals surface area contributed by atoms with Gasteiger partial charge < -0.3 is 9.88 Å². The Bertz CT molecular complexity index is 1300. The number of aromatic nitrogens is 4. The number of rotatable bonds is 5. The quantitative estimate of drug-likeness (QED) is 0.537. The number of amides is 1. The average Bonchev–Trinajstić information content (AvgIpc) is 3.24. The predicted molar refractivity (Wildman–Crippen MR) is 119 cm³/mol. The van der Waals surface area contributed by atoms with Gasteiger partial charge in [-0.2, -0.15) is 5.10 Å². The Balaban J connectivity index is 1.42. The molecule has 0 fully saturated rings. The number of fused-ring (bicyclic) bond motifs is 1. The molecule has 0 aliphatic carbocycles. The van der Waals surface area contributed by atoms with Crippen molar-refractivity contribution in [3.8, 4) is 5.69 Å². The number of thiophene rings is 1. The Hall–Kier alpha value is -3.26. The number of carbonyl (C=O) groups excluding carboxylic acids is 1. The van der Waals surface area contributed by atoms with Crippen molar-refractivity contribution >= 4 is 27.5 Å². The first-order chi connectivity index (χ1) is 14.3. The first-order valence-corrected chi connectivity index (χ1v) is 10.5. The van der Waals surface area contributed by atoms with Gasteiger partial charge in [-0.3, -0.25) is 9.59 Å². The van der Waals surface area contributed by atoms with E-state index in [1.807, 2.05) is 36.7 Å². The summed E-state index contributed by atoms with van der Waals surface area (Å²) in [5, 5.41) is 7.98. The molecule has 0 aliphatic rings. The van der Waals surface area contributed by atoms with Crippen LogP contribution in [-0.2, 0) is 13.5 Å². The van der Waals surface area contributed by atoms with Gasteiger partial charge in [0, 0.05) is 19.3 Å². The highest BCUT2D eigenvalue weighted by atomic mass is 32.1. The van der Waals surface area contributed by atoms with Crippen molar-refractivity contribution in [2.75, 3.05) is 6.54 Å². The first-order valence-electron chi connectivity index (χ1n) is 9.70. The summed E-state index contributed by atoms with van der Waals surface area (Å²) in [5.41, 5.74) is 4.79.